The second kappa shape index (κ2) is 41.2. The molecule has 0 saturated heterocycles. The molecule has 0 fully saturated rings. The van der Waals surface area contributed by atoms with Gasteiger partial charge in [-0.25, -0.2) is 0 Å². The smallest absolute Gasteiger partial charge is 0.267 e. The largest absolute Gasteiger partial charge is 0.387 e. The van der Waals surface area contributed by atoms with Crippen molar-refractivity contribution >= 4 is 16.0 Å². The van der Waals surface area contributed by atoms with Crippen LogP contribution >= 0.6 is 0 Å². The van der Waals surface area contributed by atoms with Crippen LogP contribution in [0.1, 0.15) is 213 Å². The minimum Gasteiger partial charge on any atom is -0.387 e. The predicted octanol–water partition coefficient (Wildman–Crippen LogP) is 13.0. The molecule has 7 nitrogen and oxygen atoms in total. The van der Waals surface area contributed by atoms with Crippen LogP contribution in [0.4, 0.5) is 0 Å². The zero-order chi connectivity index (χ0) is 41.2. The summed E-state index contributed by atoms with van der Waals surface area (Å²) in [6, 6.07) is -1.26. The molecule has 0 aliphatic carbocycles. The molecular formula is C48H87NO6S. The van der Waals surface area contributed by atoms with Gasteiger partial charge in [0.25, 0.3) is 10.1 Å². The lowest BCUT2D eigenvalue weighted by atomic mass is 10.0. The Kier molecular flexibility index (Phi) is 39.7. The van der Waals surface area contributed by atoms with E-state index < -0.39 is 40.0 Å². The van der Waals surface area contributed by atoms with Gasteiger partial charge < -0.3 is 15.5 Å². The van der Waals surface area contributed by atoms with Gasteiger partial charge in [-0.2, -0.15) is 8.42 Å². The number of hydrogen-bond donors (Lipinski definition) is 4. The molecule has 3 unspecified atom stereocenters. The van der Waals surface area contributed by atoms with Crippen molar-refractivity contribution in [1.29, 1.82) is 0 Å². The summed E-state index contributed by atoms with van der Waals surface area (Å²) in [5.74, 6) is -1.57. The fraction of sp³-hybridized carbons (Fsp3) is 0.771. The van der Waals surface area contributed by atoms with E-state index in [4.69, 9.17) is 0 Å². The summed E-state index contributed by atoms with van der Waals surface area (Å²) in [5.41, 5.74) is 0. The van der Waals surface area contributed by atoms with Crippen LogP contribution in [0.2, 0.25) is 0 Å². The Bertz CT molecular complexity index is 1130. The van der Waals surface area contributed by atoms with E-state index in [0.717, 1.165) is 51.4 Å². The molecule has 0 aromatic carbocycles. The van der Waals surface area contributed by atoms with Crippen LogP contribution in [0.25, 0.3) is 0 Å². The van der Waals surface area contributed by atoms with Crippen molar-refractivity contribution in [3.05, 3.63) is 60.8 Å². The second-order valence-corrected chi connectivity index (χ2v) is 17.3. The Hall–Kier alpha value is -2.00. The van der Waals surface area contributed by atoms with E-state index in [0.29, 0.717) is 12.8 Å². The number of aliphatic hydroxyl groups excluding tert-OH is 2. The number of carbonyl (C=O) groups is 1. The third-order valence-corrected chi connectivity index (χ3v) is 11.1. The van der Waals surface area contributed by atoms with E-state index in [1.165, 1.54) is 134 Å². The van der Waals surface area contributed by atoms with Crippen molar-refractivity contribution in [2.75, 3.05) is 5.75 Å². The van der Waals surface area contributed by atoms with E-state index in [9.17, 15) is 28.0 Å². The van der Waals surface area contributed by atoms with Gasteiger partial charge in [0.1, 0.15) is 6.10 Å². The SMILES string of the molecule is CCCCC/C=C\C=C/CCCCCCCCCCCC(O)C(=O)NC(CS(=O)(=O)O)C(O)/C=C/CC/C=C/CC/C=C/CCCCCCCCCCCCC. The molecule has 0 radical (unpaired) electrons. The summed E-state index contributed by atoms with van der Waals surface area (Å²) in [7, 11) is -4.46. The molecule has 0 saturated carbocycles. The number of allylic oxidation sites excluding steroid dienone is 9. The van der Waals surface area contributed by atoms with Crippen LogP contribution in [0, 0.1) is 0 Å². The highest BCUT2D eigenvalue weighted by Gasteiger charge is 2.27. The first-order valence-corrected chi connectivity index (χ1v) is 24.7. The van der Waals surface area contributed by atoms with Crippen molar-refractivity contribution in [2.45, 2.75) is 231 Å². The highest BCUT2D eigenvalue weighted by Crippen LogP contribution is 2.14. The summed E-state index contributed by atoms with van der Waals surface area (Å²) in [4.78, 5) is 12.6. The minimum atomic E-state index is -4.46. The Labute approximate surface area is 345 Å². The topological polar surface area (TPSA) is 124 Å². The van der Waals surface area contributed by atoms with E-state index in [1.54, 1.807) is 6.08 Å². The first-order valence-electron chi connectivity index (χ1n) is 23.1. The van der Waals surface area contributed by atoms with E-state index >= 15 is 0 Å². The fourth-order valence-electron chi connectivity index (χ4n) is 6.71. The summed E-state index contributed by atoms with van der Waals surface area (Å²) in [6.07, 6.45) is 54.2. The molecule has 3 atom stereocenters. The molecule has 8 heteroatoms. The van der Waals surface area contributed by atoms with Gasteiger partial charge >= 0.3 is 0 Å². The highest BCUT2D eigenvalue weighted by atomic mass is 32.2. The van der Waals surface area contributed by atoms with Crippen LogP contribution in [0.3, 0.4) is 0 Å². The molecule has 1 amide bonds. The van der Waals surface area contributed by atoms with E-state index in [-0.39, 0.29) is 6.42 Å². The summed E-state index contributed by atoms with van der Waals surface area (Å²) < 4.78 is 32.6. The first kappa shape index (κ1) is 54.0. The first-order chi connectivity index (χ1) is 27.2. The lowest BCUT2D eigenvalue weighted by molar-refractivity contribution is -0.130. The molecule has 326 valence electrons. The summed E-state index contributed by atoms with van der Waals surface area (Å²) in [5, 5.41) is 23.4. The number of unbranched alkanes of at least 4 members (excludes halogenated alkanes) is 25. The summed E-state index contributed by atoms with van der Waals surface area (Å²) in [6.45, 7) is 4.50. The van der Waals surface area contributed by atoms with Crippen LogP contribution in [-0.2, 0) is 14.9 Å². The number of rotatable bonds is 41. The highest BCUT2D eigenvalue weighted by molar-refractivity contribution is 7.85. The number of carbonyl (C=O) groups excluding carboxylic acids is 1. The predicted molar refractivity (Wildman–Crippen MR) is 241 cm³/mol. The lowest BCUT2D eigenvalue weighted by Crippen LogP contribution is -2.50. The number of amides is 1. The van der Waals surface area contributed by atoms with E-state index in [1.807, 2.05) is 0 Å². The molecule has 0 spiro atoms. The maximum atomic E-state index is 12.6. The van der Waals surface area contributed by atoms with Crippen molar-refractivity contribution in [2.24, 2.45) is 0 Å². The molecular weight excluding hydrogens is 719 g/mol. The molecule has 0 aromatic heterocycles. The molecule has 4 N–H and O–H groups in total. The van der Waals surface area contributed by atoms with E-state index in [2.05, 4.69) is 67.8 Å². The van der Waals surface area contributed by atoms with Crippen molar-refractivity contribution in [1.82, 2.24) is 5.32 Å². The van der Waals surface area contributed by atoms with Gasteiger partial charge in [-0.1, -0.05) is 203 Å². The van der Waals surface area contributed by atoms with Crippen LogP contribution < -0.4 is 5.32 Å². The zero-order valence-electron chi connectivity index (χ0n) is 36.1. The van der Waals surface area contributed by atoms with Gasteiger partial charge in [0.05, 0.1) is 17.9 Å². The van der Waals surface area contributed by atoms with Gasteiger partial charge in [0, 0.05) is 0 Å². The minimum absolute atomic E-state index is 0.263. The maximum absolute atomic E-state index is 12.6. The van der Waals surface area contributed by atoms with Crippen molar-refractivity contribution in [3.63, 3.8) is 0 Å². The van der Waals surface area contributed by atoms with Gasteiger partial charge in [0.15, 0.2) is 0 Å². The number of aliphatic hydroxyl groups is 2. The molecule has 0 aliphatic rings. The summed E-state index contributed by atoms with van der Waals surface area (Å²) >= 11 is 0. The molecule has 0 bridgehead atoms. The number of nitrogens with one attached hydrogen (secondary N) is 1. The van der Waals surface area contributed by atoms with Crippen LogP contribution in [0.15, 0.2) is 60.8 Å². The van der Waals surface area contributed by atoms with Gasteiger partial charge in [-0.15, -0.1) is 0 Å². The average Bonchev–Trinajstić information content (AvgIpc) is 3.17. The Balaban J connectivity index is 4.06. The average molecular weight is 806 g/mol. The van der Waals surface area contributed by atoms with Crippen molar-refractivity contribution in [3.8, 4) is 0 Å². The molecule has 56 heavy (non-hydrogen) atoms. The molecule has 0 heterocycles. The Morgan fingerprint density at radius 1 is 0.500 bits per heavy atom. The van der Waals surface area contributed by atoms with Gasteiger partial charge in [0.2, 0.25) is 5.91 Å². The van der Waals surface area contributed by atoms with Crippen LogP contribution in [0.5, 0.6) is 0 Å². The quantitative estimate of drug-likeness (QED) is 0.0211. The monoisotopic (exact) mass is 806 g/mol. The molecule has 0 rings (SSSR count). The standard InChI is InChI=1S/C48H87NO6S/c1-3-5-7-9-11-13-15-17-19-21-23-24-25-27-28-30-32-34-36-38-40-42-46(50)45(44-56(53,54)55)49-48(52)47(51)43-41-39-37-35-33-31-29-26-22-20-18-16-14-12-10-8-6-4-2/h12,14,16,18,25,27,32,34,40,42,45-47,50-51H,3-11,13,15,17,19-24,26,28-31,33,35-39,41,43-44H2,1-2H3,(H,49,52)(H,53,54,55)/b14-12-,18-16-,27-25+,34-32+,42-40+. The maximum Gasteiger partial charge on any atom is 0.267 e. The Morgan fingerprint density at radius 3 is 1.32 bits per heavy atom. The lowest BCUT2D eigenvalue weighted by Gasteiger charge is -2.22. The third-order valence-electron chi connectivity index (χ3n) is 10.3. The third kappa shape index (κ3) is 40.2. The zero-order valence-corrected chi connectivity index (χ0v) is 36.9. The second-order valence-electron chi connectivity index (χ2n) is 15.8. The Morgan fingerprint density at radius 2 is 0.857 bits per heavy atom. The van der Waals surface area contributed by atoms with Crippen molar-refractivity contribution < 1.29 is 28.0 Å². The van der Waals surface area contributed by atoms with Gasteiger partial charge in [-0.05, 0) is 70.6 Å². The van der Waals surface area contributed by atoms with Crippen LogP contribution in [-0.4, -0.2) is 53.1 Å². The molecule has 0 aromatic rings. The fourth-order valence-corrected chi connectivity index (χ4v) is 7.45. The van der Waals surface area contributed by atoms with Gasteiger partial charge in [-0.3, -0.25) is 9.35 Å². The number of hydrogen-bond acceptors (Lipinski definition) is 5. The molecule has 0 aliphatic heterocycles. The normalized spacial score (nSPS) is 14.3.